The number of ketones is 1. The lowest BCUT2D eigenvalue weighted by Crippen LogP contribution is -2.11. The highest BCUT2D eigenvalue weighted by Crippen LogP contribution is 2.24. The maximum Gasteiger partial charge on any atom is 0.270 e. The van der Waals surface area contributed by atoms with Crippen LogP contribution < -0.4 is 0 Å². The molecule has 1 aromatic carbocycles. The molecule has 1 aromatic heterocycles. The van der Waals surface area contributed by atoms with Gasteiger partial charge in [0.15, 0.2) is 0 Å². The predicted molar refractivity (Wildman–Crippen MR) is 74.2 cm³/mol. The number of aromatic nitrogens is 2. The molecule has 0 saturated heterocycles. The van der Waals surface area contributed by atoms with E-state index in [1.54, 1.807) is 17.7 Å². The van der Waals surface area contributed by atoms with Gasteiger partial charge >= 0.3 is 0 Å². The average molecular weight is 294 g/mol. The second-order valence-electron chi connectivity index (χ2n) is 4.24. The van der Waals surface area contributed by atoms with Crippen molar-refractivity contribution in [3.63, 3.8) is 0 Å². The molecule has 2 rings (SSSR count). The number of nitro benzene ring substituents is 1. The van der Waals surface area contributed by atoms with E-state index >= 15 is 0 Å². The average Bonchev–Trinajstić information content (AvgIpc) is 2.79. The van der Waals surface area contributed by atoms with E-state index in [4.69, 9.17) is 11.6 Å². The van der Waals surface area contributed by atoms with E-state index in [0.717, 1.165) is 0 Å². The Labute approximate surface area is 120 Å². The predicted octanol–water partition coefficient (Wildman–Crippen LogP) is 3.00. The fourth-order valence-corrected chi connectivity index (χ4v) is 2.11. The van der Waals surface area contributed by atoms with Crippen molar-refractivity contribution in [2.45, 2.75) is 20.4 Å². The molecule has 0 spiro atoms. The fraction of sp³-hybridized carbons (Fsp3) is 0.231. The van der Waals surface area contributed by atoms with Gasteiger partial charge in [-0.15, -0.1) is 0 Å². The molecule has 20 heavy (non-hydrogen) atoms. The summed E-state index contributed by atoms with van der Waals surface area (Å²) in [5.74, 6) is -0.374. The first-order chi connectivity index (χ1) is 9.43. The number of halogens is 1. The molecule has 0 aliphatic heterocycles. The maximum absolute atomic E-state index is 12.5. The molecule has 7 heteroatoms. The maximum atomic E-state index is 12.5. The van der Waals surface area contributed by atoms with E-state index in [1.165, 1.54) is 18.2 Å². The molecular formula is C13H12ClN3O3. The molecule has 0 saturated carbocycles. The van der Waals surface area contributed by atoms with Gasteiger partial charge in [-0.3, -0.25) is 19.6 Å². The lowest BCUT2D eigenvalue weighted by Gasteiger charge is -2.05. The van der Waals surface area contributed by atoms with E-state index in [2.05, 4.69) is 5.10 Å². The first-order valence-corrected chi connectivity index (χ1v) is 6.35. The van der Waals surface area contributed by atoms with Crippen LogP contribution in [0, 0.1) is 17.0 Å². The number of nitrogens with zero attached hydrogens (tertiary/aromatic N) is 3. The zero-order valence-electron chi connectivity index (χ0n) is 11.0. The van der Waals surface area contributed by atoms with Crippen molar-refractivity contribution in [3.8, 4) is 0 Å². The first-order valence-electron chi connectivity index (χ1n) is 5.97. The van der Waals surface area contributed by atoms with Gasteiger partial charge in [0.2, 0.25) is 5.78 Å². The van der Waals surface area contributed by atoms with Crippen molar-refractivity contribution in [2.75, 3.05) is 0 Å². The summed E-state index contributed by atoms with van der Waals surface area (Å²) in [7, 11) is 0. The molecule has 2 aromatic rings. The van der Waals surface area contributed by atoms with Gasteiger partial charge < -0.3 is 0 Å². The number of carbonyl (C=O) groups excluding carboxylic acids is 1. The largest absolute Gasteiger partial charge is 0.287 e. The highest BCUT2D eigenvalue weighted by atomic mass is 35.5. The van der Waals surface area contributed by atoms with E-state index in [-0.39, 0.29) is 22.1 Å². The fourth-order valence-electron chi connectivity index (χ4n) is 1.91. The Balaban J connectivity index is 2.52. The molecule has 0 N–H and O–H groups in total. The Morgan fingerprint density at radius 2 is 2.15 bits per heavy atom. The van der Waals surface area contributed by atoms with Gasteiger partial charge in [0.05, 0.1) is 15.6 Å². The molecule has 0 aliphatic rings. The number of rotatable bonds is 4. The van der Waals surface area contributed by atoms with Crippen molar-refractivity contribution in [1.29, 1.82) is 0 Å². The lowest BCUT2D eigenvalue weighted by atomic mass is 10.1. The quantitative estimate of drug-likeness (QED) is 0.493. The van der Waals surface area contributed by atoms with Crippen LogP contribution in [0.25, 0.3) is 0 Å². The van der Waals surface area contributed by atoms with Crippen molar-refractivity contribution >= 4 is 23.1 Å². The van der Waals surface area contributed by atoms with E-state index < -0.39 is 4.92 Å². The van der Waals surface area contributed by atoms with E-state index in [9.17, 15) is 14.9 Å². The van der Waals surface area contributed by atoms with E-state index in [1.807, 2.05) is 6.92 Å². The lowest BCUT2D eigenvalue weighted by molar-refractivity contribution is -0.384. The summed E-state index contributed by atoms with van der Waals surface area (Å²) in [6.07, 6.45) is 0. The van der Waals surface area contributed by atoms with Crippen molar-refractivity contribution in [2.24, 2.45) is 0 Å². The van der Waals surface area contributed by atoms with E-state index in [0.29, 0.717) is 17.9 Å². The summed E-state index contributed by atoms with van der Waals surface area (Å²) < 4.78 is 1.55. The van der Waals surface area contributed by atoms with Crippen LogP contribution in [0.15, 0.2) is 24.3 Å². The van der Waals surface area contributed by atoms with Gasteiger partial charge in [-0.2, -0.15) is 5.10 Å². The zero-order chi connectivity index (χ0) is 14.9. The van der Waals surface area contributed by atoms with Gasteiger partial charge in [0.25, 0.3) is 5.69 Å². The molecular weight excluding hydrogens is 282 g/mol. The summed E-state index contributed by atoms with van der Waals surface area (Å²) >= 11 is 5.97. The smallest absolute Gasteiger partial charge is 0.270 e. The monoisotopic (exact) mass is 293 g/mol. The number of benzene rings is 1. The minimum absolute atomic E-state index is 0.107. The molecule has 0 fully saturated rings. The van der Waals surface area contributed by atoms with Gasteiger partial charge in [0, 0.05) is 24.2 Å². The Kier molecular flexibility index (Phi) is 3.85. The minimum atomic E-state index is -0.560. The Morgan fingerprint density at radius 1 is 1.45 bits per heavy atom. The Morgan fingerprint density at radius 3 is 2.75 bits per heavy atom. The number of hydrogen-bond donors (Lipinski definition) is 0. The van der Waals surface area contributed by atoms with Crippen LogP contribution in [0.3, 0.4) is 0 Å². The van der Waals surface area contributed by atoms with Gasteiger partial charge in [-0.05, 0) is 26.0 Å². The van der Waals surface area contributed by atoms with Crippen LogP contribution >= 0.6 is 11.6 Å². The number of carbonyl (C=O) groups is 1. The van der Waals surface area contributed by atoms with Crippen LogP contribution in [0.1, 0.15) is 28.7 Å². The van der Waals surface area contributed by atoms with Crippen LogP contribution in [-0.2, 0) is 6.54 Å². The topological polar surface area (TPSA) is 78.0 Å². The van der Waals surface area contributed by atoms with Gasteiger partial charge in [-0.1, -0.05) is 11.6 Å². The summed E-state index contributed by atoms with van der Waals surface area (Å²) in [4.78, 5) is 22.7. The highest BCUT2D eigenvalue weighted by molar-refractivity contribution is 6.35. The van der Waals surface area contributed by atoms with Gasteiger partial charge in [0.1, 0.15) is 5.69 Å². The van der Waals surface area contributed by atoms with Crippen LogP contribution in [0.4, 0.5) is 5.69 Å². The molecule has 0 amide bonds. The van der Waals surface area contributed by atoms with Crippen LogP contribution in [-0.4, -0.2) is 20.5 Å². The first kappa shape index (κ1) is 14.2. The number of non-ortho nitro benzene ring substituents is 1. The molecule has 0 bridgehead atoms. The normalized spacial score (nSPS) is 10.6. The van der Waals surface area contributed by atoms with Crippen molar-refractivity contribution < 1.29 is 9.72 Å². The Bertz CT molecular complexity index is 694. The second kappa shape index (κ2) is 5.42. The molecule has 0 radical (unpaired) electrons. The number of hydrogen-bond acceptors (Lipinski definition) is 4. The number of aryl methyl sites for hydroxylation is 2. The summed E-state index contributed by atoms with van der Waals surface area (Å²) in [5.41, 5.74) is 1.01. The Hall–Kier alpha value is -2.21. The molecule has 1 heterocycles. The third-order valence-corrected chi connectivity index (χ3v) is 3.17. The third kappa shape index (κ3) is 2.55. The molecule has 104 valence electrons. The third-order valence-electron chi connectivity index (χ3n) is 2.84. The van der Waals surface area contributed by atoms with Gasteiger partial charge in [-0.25, -0.2) is 0 Å². The number of nitro groups is 1. The van der Waals surface area contributed by atoms with Crippen LogP contribution in [0.5, 0.6) is 0 Å². The summed E-state index contributed by atoms with van der Waals surface area (Å²) in [5, 5.41) is 15.1. The standard InChI is InChI=1S/C13H12ClN3O3/c1-3-16-12(6-8(2)15-16)13(18)10-7-9(17(19)20)4-5-11(10)14/h4-7H,3H2,1-2H3. The molecule has 6 nitrogen and oxygen atoms in total. The molecule has 0 unspecified atom stereocenters. The zero-order valence-corrected chi connectivity index (χ0v) is 11.7. The minimum Gasteiger partial charge on any atom is -0.287 e. The summed E-state index contributed by atoms with van der Waals surface area (Å²) in [6, 6.07) is 5.45. The SMILES string of the molecule is CCn1nc(C)cc1C(=O)c1cc([N+](=O)[O-])ccc1Cl. The molecule has 0 aliphatic carbocycles. The summed E-state index contributed by atoms with van der Waals surface area (Å²) in [6.45, 7) is 4.16. The second-order valence-corrected chi connectivity index (χ2v) is 4.64. The van der Waals surface area contributed by atoms with Crippen molar-refractivity contribution in [1.82, 2.24) is 9.78 Å². The van der Waals surface area contributed by atoms with Crippen molar-refractivity contribution in [3.05, 3.63) is 56.4 Å². The highest BCUT2D eigenvalue weighted by Gasteiger charge is 2.20. The molecule has 0 atom stereocenters. The van der Waals surface area contributed by atoms with Crippen LogP contribution in [0.2, 0.25) is 5.02 Å².